The average molecular weight is 287 g/mol. The number of nitro benzene ring substituents is 1. The van der Waals surface area contributed by atoms with E-state index >= 15 is 0 Å². The first-order valence-corrected chi connectivity index (χ1v) is 7.25. The van der Waals surface area contributed by atoms with Crippen LogP contribution in [-0.4, -0.2) is 31.2 Å². The van der Waals surface area contributed by atoms with Gasteiger partial charge in [0.15, 0.2) is 4.90 Å². The summed E-state index contributed by atoms with van der Waals surface area (Å²) in [5, 5.41) is 10.9. The summed E-state index contributed by atoms with van der Waals surface area (Å²) < 4.78 is 25.7. The molecule has 8 heteroatoms. The van der Waals surface area contributed by atoms with Crippen LogP contribution in [0.4, 0.5) is 11.4 Å². The van der Waals surface area contributed by atoms with Gasteiger partial charge in [-0.25, -0.2) is 12.7 Å². The first-order valence-electron chi connectivity index (χ1n) is 5.81. The fourth-order valence-electron chi connectivity index (χ4n) is 1.56. The molecule has 0 aromatic heterocycles. The molecule has 0 radical (unpaired) electrons. The highest BCUT2D eigenvalue weighted by Gasteiger charge is 2.29. The molecule has 0 amide bonds. The van der Waals surface area contributed by atoms with Crippen molar-refractivity contribution >= 4 is 21.4 Å². The lowest BCUT2D eigenvalue weighted by atomic mass is 10.3. The third-order valence-corrected chi connectivity index (χ3v) is 4.58. The first kappa shape index (κ1) is 15.4. The predicted molar refractivity (Wildman–Crippen MR) is 72.2 cm³/mol. The quantitative estimate of drug-likeness (QED) is 0.486. The molecule has 106 valence electrons. The number of nitrogens with two attached hydrogens (primary N) is 1. The second kappa shape index (κ2) is 5.98. The van der Waals surface area contributed by atoms with Crippen molar-refractivity contribution in [3.8, 4) is 0 Å². The van der Waals surface area contributed by atoms with Crippen molar-refractivity contribution < 1.29 is 13.3 Å². The summed E-state index contributed by atoms with van der Waals surface area (Å²) >= 11 is 0. The van der Waals surface area contributed by atoms with Crippen LogP contribution in [0, 0.1) is 10.1 Å². The summed E-state index contributed by atoms with van der Waals surface area (Å²) in [6.07, 6.45) is 1.52. The van der Waals surface area contributed by atoms with Crippen LogP contribution in [0.5, 0.6) is 0 Å². The average Bonchev–Trinajstić information content (AvgIpc) is 2.35. The van der Waals surface area contributed by atoms with Gasteiger partial charge >= 0.3 is 0 Å². The maximum absolute atomic E-state index is 12.3. The number of benzene rings is 1. The molecule has 0 atom stereocenters. The highest BCUT2D eigenvalue weighted by molar-refractivity contribution is 7.89. The van der Waals surface area contributed by atoms with E-state index in [-0.39, 0.29) is 10.6 Å². The van der Waals surface area contributed by atoms with E-state index in [4.69, 9.17) is 5.73 Å². The Morgan fingerprint density at radius 3 is 2.58 bits per heavy atom. The summed E-state index contributed by atoms with van der Waals surface area (Å²) in [6, 6.07) is 3.54. The number of nitrogens with zero attached hydrogens (tertiary/aromatic N) is 2. The lowest BCUT2D eigenvalue weighted by Gasteiger charge is -2.16. The minimum atomic E-state index is -3.90. The van der Waals surface area contributed by atoms with E-state index < -0.39 is 20.6 Å². The Balaban J connectivity index is 3.27. The van der Waals surface area contributed by atoms with Crippen LogP contribution in [0.2, 0.25) is 0 Å². The summed E-state index contributed by atoms with van der Waals surface area (Å²) in [5.74, 6) is 0. The third kappa shape index (κ3) is 3.42. The molecule has 0 saturated carbocycles. The van der Waals surface area contributed by atoms with Gasteiger partial charge in [-0.1, -0.05) is 13.3 Å². The van der Waals surface area contributed by atoms with Crippen LogP contribution in [0.25, 0.3) is 0 Å². The van der Waals surface area contributed by atoms with E-state index in [0.29, 0.717) is 13.0 Å². The van der Waals surface area contributed by atoms with Crippen molar-refractivity contribution in [3.63, 3.8) is 0 Å². The molecule has 0 aliphatic rings. The number of nitrogen functional groups attached to an aromatic ring is 1. The zero-order valence-electron chi connectivity index (χ0n) is 10.9. The standard InChI is InChI=1S/C11H17N3O4S/c1-3-4-7-13(2)19(17,18)11-8-9(12)5-6-10(11)14(15)16/h5-6,8H,3-4,7,12H2,1-2H3. The van der Waals surface area contributed by atoms with Gasteiger partial charge in [-0.15, -0.1) is 0 Å². The first-order chi connectivity index (χ1) is 8.80. The van der Waals surface area contributed by atoms with Crippen LogP contribution < -0.4 is 5.73 Å². The molecule has 0 unspecified atom stereocenters. The highest BCUT2D eigenvalue weighted by Crippen LogP contribution is 2.28. The van der Waals surface area contributed by atoms with Gasteiger partial charge in [-0.2, -0.15) is 0 Å². The molecule has 0 aliphatic heterocycles. The summed E-state index contributed by atoms with van der Waals surface area (Å²) in [6.45, 7) is 2.24. The second-order valence-electron chi connectivity index (χ2n) is 4.16. The number of sulfonamides is 1. The molecule has 19 heavy (non-hydrogen) atoms. The minimum absolute atomic E-state index is 0.174. The Hall–Kier alpha value is -1.67. The summed E-state index contributed by atoms with van der Waals surface area (Å²) in [5.41, 5.74) is 5.23. The Bertz CT molecular complexity index is 571. The fraction of sp³-hybridized carbons (Fsp3) is 0.455. The van der Waals surface area contributed by atoms with Crippen LogP contribution in [0.15, 0.2) is 23.1 Å². The zero-order valence-corrected chi connectivity index (χ0v) is 11.7. The molecule has 0 fully saturated rings. The Labute approximate surface area is 112 Å². The molecule has 2 N–H and O–H groups in total. The molecule has 7 nitrogen and oxygen atoms in total. The maximum atomic E-state index is 12.3. The van der Waals surface area contributed by atoms with E-state index in [9.17, 15) is 18.5 Å². The molecule has 1 rings (SSSR count). The second-order valence-corrected chi connectivity index (χ2v) is 6.18. The molecule has 0 heterocycles. The van der Waals surface area contributed by atoms with Gasteiger partial charge in [-0.3, -0.25) is 10.1 Å². The normalized spacial score (nSPS) is 11.7. The van der Waals surface area contributed by atoms with Crippen LogP contribution in [0.3, 0.4) is 0 Å². The number of hydrogen-bond donors (Lipinski definition) is 1. The van der Waals surface area contributed by atoms with E-state index in [0.717, 1.165) is 22.9 Å². The predicted octanol–water partition coefficient (Wildman–Crippen LogP) is 1.60. The van der Waals surface area contributed by atoms with Gasteiger partial charge in [0, 0.05) is 25.3 Å². The monoisotopic (exact) mass is 287 g/mol. The van der Waals surface area contributed by atoms with Gasteiger partial charge in [-0.05, 0) is 18.6 Å². The summed E-state index contributed by atoms with van der Waals surface area (Å²) in [4.78, 5) is 9.81. The van der Waals surface area contributed by atoms with Crippen molar-refractivity contribution in [2.75, 3.05) is 19.3 Å². The Kier molecular flexibility index (Phi) is 4.84. The molecule has 1 aromatic rings. The largest absolute Gasteiger partial charge is 0.399 e. The molecular weight excluding hydrogens is 270 g/mol. The van der Waals surface area contributed by atoms with E-state index in [1.165, 1.54) is 13.1 Å². The Morgan fingerprint density at radius 2 is 2.05 bits per heavy atom. The van der Waals surface area contributed by atoms with Gasteiger partial charge in [0.25, 0.3) is 5.69 Å². The Morgan fingerprint density at radius 1 is 1.42 bits per heavy atom. The van der Waals surface area contributed by atoms with Crippen molar-refractivity contribution in [3.05, 3.63) is 28.3 Å². The third-order valence-electron chi connectivity index (χ3n) is 2.70. The molecular formula is C11H17N3O4S. The number of nitro groups is 1. The molecule has 0 spiro atoms. The molecule has 0 saturated heterocycles. The molecule has 1 aromatic carbocycles. The topological polar surface area (TPSA) is 107 Å². The fourth-order valence-corrected chi connectivity index (χ4v) is 2.95. The lowest BCUT2D eigenvalue weighted by Crippen LogP contribution is -2.28. The SMILES string of the molecule is CCCCN(C)S(=O)(=O)c1cc(N)ccc1[N+](=O)[O-]. The van der Waals surface area contributed by atoms with E-state index in [1.807, 2.05) is 6.92 Å². The van der Waals surface area contributed by atoms with Gasteiger partial charge in [0.2, 0.25) is 10.0 Å². The zero-order chi connectivity index (χ0) is 14.6. The highest BCUT2D eigenvalue weighted by atomic mass is 32.2. The molecule has 0 bridgehead atoms. The smallest absolute Gasteiger partial charge is 0.289 e. The number of anilines is 1. The number of rotatable bonds is 6. The maximum Gasteiger partial charge on any atom is 0.289 e. The van der Waals surface area contributed by atoms with Crippen molar-refractivity contribution in [1.82, 2.24) is 4.31 Å². The van der Waals surface area contributed by atoms with Gasteiger partial charge in [0.1, 0.15) is 0 Å². The molecule has 0 aliphatic carbocycles. The van der Waals surface area contributed by atoms with Crippen molar-refractivity contribution in [2.45, 2.75) is 24.7 Å². The van der Waals surface area contributed by atoms with Crippen LogP contribution >= 0.6 is 0 Å². The number of unbranched alkanes of at least 4 members (excludes halogenated alkanes) is 1. The van der Waals surface area contributed by atoms with Crippen molar-refractivity contribution in [1.29, 1.82) is 0 Å². The number of hydrogen-bond acceptors (Lipinski definition) is 5. The van der Waals surface area contributed by atoms with Crippen LogP contribution in [0.1, 0.15) is 19.8 Å². The van der Waals surface area contributed by atoms with Crippen LogP contribution in [-0.2, 0) is 10.0 Å². The minimum Gasteiger partial charge on any atom is -0.399 e. The summed E-state index contributed by atoms with van der Waals surface area (Å²) in [7, 11) is -2.50. The van der Waals surface area contributed by atoms with Crippen molar-refractivity contribution in [2.24, 2.45) is 0 Å². The lowest BCUT2D eigenvalue weighted by molar-refractivity contribution is -0.387. The van der Waals surface area contributed by atoms with E-state index in [1.54, 1.807) is 0 Å². The van der Waals surface area contributed by atoms with Gasteiger partial charge < -0.3 is 5.73 Å². The van der Waals surface area contributed by atoms with Gasteiger partial charge in [0.05, 0.1) is 4.92 Å². The van der Waals surface area contributed by atoms with E-state index in [2.05, 4.69) is 0 Å².